The zero-order valence-electron chi connectivity index (χ0n) is 13.9. The van der Waals surface area contributed by atoms with Gasteiger partial charge in [0.2, 0.25) is 5.91 Å². The van der Waals surface area contributed by atoms with Gasteiger partial charge in [-0.3, -0.25) is 4.79 Å². The van der Waals surface area contributed by atoms with E-state index in [0.717, 1.165) is 6.54 Å². The summed E-state index contributed by atoms with van der Waals surface area (Å²) in [5, 5.41) is 0. The zero-order chi connectivity index (χ0) is 15.4. The van der Waals surface area contributed by atoms with E-state index in [9.17, 15) is 4.79 Å². The van der Waals surface area contributed by atoms with Gasteiger partial charge in [0.1, 0.15) is 0 Å². The summed E-state index contributed by atoms with van der Waals surface area (Å²) in [5.74, 6) is 0.102. The SMILES string of the molecule is COC(CN)CC(=O)N1Cc2ccccc2N(C)CC1C.Cl.Cl. The molecule has 2 atom stereocenters. The number of benzene rings is 1. The number of nitrogens with zero attached hydrogens (tertiary/aromatic N) is 2. The van der Waals surface area contributed by atoms with Crippen LogP contribution in [0.2, 0.25) is 0 Å². The Morgan fingerprint density at radius 1 is 1.39 bits per heavy atom. The number of carbonyl (C=O) groups excluding carboxylic acids is 1. The summed E-state index contributed by atoms with van der Waals surface area (Å²) in [7, 11) is 3.67. The number of para-hydroxylation sites is 1. The Morgan fingerprint density at radius 3 is 2.65 bits per heavy atom. The van der Waals surface area contributed by atoms with Gasteiger partial charge < -0.3 is 20.3 Å². The van der Waals surface area contributed by atoms with E-state index in [0.29, 0.717) is 19.5 Å². The Morgan fingerprint density at radius 2 is 2.04 bits per heavy atom. The van der Waals surface area contributed by atoms with Crippen molar-refractivity contribution in [3.8, 4) is 0 Å². The molecule has 0 saturated carbocycles. The van der Waals surface area contributed by atoms with Crippen LogP contribution in [0.5, 0.6) is 0 Å². The smallest absolute Gasteiger partial charge is 0.225 e. The third-order valence-electron chi connectivity index (χ3n) is 4.13. The first-order valence-electron chi connectivity index (χ1n) is 7.38. The van der Waals surface area contributed by atoms with Gasteiger partial charge in [-0.25, -0.2) is 0 Å². The van der Waals surface area contributed by atoms with Crippen LogP contribution in [-0.4, -0.2) is 50.2 Å². The van der Waals surface area contributed by atoms with E-state index < -0.39 is 0 Å². The molecule has 2 N–H and O–H groups in total. The second-order valence-corrected chi connectivity index (χ2v) is 5.68. The quantitative estimate of drug-likeness (QED) is 0.889. The van der Waals surface area contributed by atoms with Gasteiger partial charge in [-0.05, 0) is 18.6 Å². The first-order valence-corrected chi connectivity index (χ1v) is 7.38. The zero-order valence-corrected chi connectivity index (χ0v) is 15.5. The maximum Gasteiger partial charge on any atom is 0.225 e. The summed E-state index contributed by atoms with van der Waals surface area (Å²) in [5.41, 5.74) is 8.00. The Balaban J connectivity index is 0.00000242. The molecule has 0 aliphatic carbocycles. The maximum absolute atomic E-state index is 12.6. The minimum Gasteiger partial charge on any atom is -0.380 e. The number of carbonyl (C=O) groups is 1. The predicted molar refractivity (Wildman–Crippen MR) is 98.7 cm³/mol. The van der Waals surface area contributed by atoms with E-state index in [1.54, 1.807) is 7.11 Å². The van der Waals surface area contributed by atoms with Crippen LogP contribution < -0.4 is 10.6 Å². The number of methoxy groups -OCH3 is 1. The highest BCUT2D eigenvalue weighted by Gasteiger charge is 2.27. The van der Waals surface area contributed by atoms with Crippen molar-refractivity contribution in [3.63, 3.8) is 0 Å². The average Bonchev–Trinajstić information content (AvgIpc) is 2.61. The maximum atomic E-state index is 12.6. The monoisotopic (exact) mass is 363 g/mol. The molecule has 2 rings (SSSR count). The number of hydrogen-bond acceptors (Lipinski definition) is 4. The van der Waals surface area contributed by atoms with Crippen LogP contribution in [-0.2, 0) is 16.1 Å². The lowest BCUT2D eigenvalue weighted by molar-refractivity contribution is -0.136. The lowest BCUT2D eigenvalue weighted by Crippen LogP contribution is -2.43. The minimum absolute atomic E-state index is 0. The van der Waals surface area contributed by atoms with Gasteiger partial charge in [0.15, 0.2) is 0 Å². The molecule has 2 unspecified atom stereocenters. The summed E-state index contributed by atoms with van der Waals surface area (Å²) < 4.78 is 5.24. The van der Waals surface area contributed by atoms with Gasteiger partial charge in [-0.2, -0.15) is 0 Å². The molecule has 1 aromatic rings. The lowest BCUT2D eigenvalue weighted by Gasteiger charge is -2.29. The molecule has 1 aliphatic rings. The number of likely N-dealkylation sites (N-methyl/N-ethyl adjacent to an activating group) is 1. The Labute approximate surface area is 151 Å². The molecule has 5 nitrogen and oxygen atoms in total. The molecule has 1 heterocycles. The van der Waals surface area contributed by atoms with Crippen LogP contribution in [0.4, 0.5) is 5.69 Å². The molecule has 1 aliphatic heterocycles. The number of ether oxygens (including phenoxy) is 1. The number of nitrogens with two attached hydrogens (primary N) is 1. The standard InChI is InChI=1S/C16H25N3O2.2ClH/c1-12-10-18(2)15-7-5-4-6-13(15)11-19(12)16(20)8-14(9-17)21-3;;/h4-7,12,14H,8-11,17H2,1-3H3;2*1H. The lowest BCUT2D eigenvalue weighted by atomic mass is 10.1. The Hall–Kier alpha value is -1.01. The number of hydrogen-bond donors (Lipinski definition) is 1. The van der Waals surface area contributed by atoms with E-state index in [-0.39, 0.29) is 42.9 Å². The second-order valence-electron chi connectivity index (χ2n) is 5.68. The fraction of sp³-hybridized carbons (Fsp3) is 0.562. The summed E-state index contributed by atoms with van der Waals surface area (Å²) in [6.45, 7) is 3.91. The van der Waals surface area contributed by atoms with Crippen LogP contribution in [0.15, 0.2) is 24.3 Å². The largest absolute Gasteiger partial charge is 0.380 e. The molecule has 0 spiro atoms. The van der Waals surface area contributed by atoms with Crippen molar-refractivity contribution in [1.82, 2.24) is 4.90 Å². The summed E-state index contributed by atoms with van der Waals surface area (Å²) in [6, 6.07) is 8.40. The van der Waals surface area contributed by atoms with Crippen LogP contribution in [0, 0.1) is 0 Å². The van der Waals surface area contributed by atoms with E-state index in [2.05, 4.69) is 31.0 Å². The highest BCUT2D eigenvalue weighted by atomic mass is 35.5. The Kier molecular flexibility index (Phi) is 9.54. The van der Waals surface area contributed by atoms with Crippen molar-refractivity contribution in [1.29, 1.82) is 0 Å². The summed E-state index contributed by atoms with van der Waals surface area (Å²) in [4.78, 5) is 16.7. The number of halogens is 2. The molecule has 0 bridgehead atoms. The van der Waals surface area contributed by atoms with Crippen LogP contribution in [0.1, 0.15) is 18.9 Å². The van der Waals surface area contributed by atoms with Gasteiger partial charge in [-0.1, -0.05) is 18.2 Å². The van der Waals surface area contributed by atoms with Crippen molar-refractivity contribution >= 4 is 36.4 Å². The van der Waals surface area contributed by atoms with Crippen molar-refractivity contribution in [2.45, 2.75) is 32.0 Å². The number of rotatable bonds is 4. The van der Waals surface area contributed by atoms with Gasteiger partial charge >= 0.3 is 0 Å². The van der Waals surface area contributed by atoms with Gasteiger partial charge in [0.25, 0.3) is 0 Å². The predicted octanol–water partition coefficient (Wildman–Crippen LogP) is 2.06. The fourth-order valence-electron chi connectivity index (χ4n) is 2.86. The third-order valence-corrected chi connectivity index (χ3v) is 4.13. The van der Waals surface area contributed by atoms with E-state index in [1.807, 2.05) is 17.0 Å². The van der Waals surface area contributed by atoms with E-state index in [4.69, 9.17) is 10.5 Å². The number of anilines is 1. The fourth-order valence-corrected chi connectivity index (χ4v) is 2.86. The van der Waals surface area contributed by atoms with Crippen LogP contribution in [0.3, 0.4) is 0 Å². The van der Waals surface area contributed by atoms with Crippen molar-refractivity contribution in [3.05, 3.63) is 29.8 Å². The molecule has 132 valence electrons. The Bertz CT molecular complexity index is 498. The number of fused-ring (bicyclic) bond motifs is 1. The molecular weight excluding hydrogens is 337 g/mol. The highest BCUT2D eigenvalue weighted by molar-refractivity contribution is 5.85. The topological polar surface area (TPSA) is 58.8 Å². The number of amides is 1. The first-order chi connectivity index (χ1) is 10.1. The van der Waals surface area contributed by atoms with Gasteiger partial charge in [0.05, 0.1) is 12.5 Å². The molecule has 0 fully saturated rings. The molecule has 0 radical (unpaired) electrons. The highest BCUT2D eigenvalue weighted by Crippen LogP contribution is 2.26. The van der Waals surface area contributed by atoms with Crippen LogP contribution in [0.25, 0.3) is 0 Å². The molecule has 1 aromatic carbocycles. The normalized spacial score (nSPS) is 18.2. The summed E-state index contributed by atoms with van der Waals surface area (Å²) in [6.07, 6.45) is 0.129. The first kappa shape index (κ1) is 22.0. The van der Waals surface area contributed by atoms with E-state index >= 15 is 0 Å². The summed E-state index contributed by atoms with van der Waals surface area (Å²) >= 11 is 0. The molecular formula is C16H27Cl2N3O2. The second kappa shape index (κ2) is 9.98. The van der Waals surface area contributed by atoms with Crippen molar-refractivity contribution in [2.24, 2.45) is 5.73 Å². The molecule has 0 aromatic heterocycles. The third kappa shape index (κ3) is 5.24. The molecule has 7 heteroatoms. The van der Waals surface area contributed by atoms with Gasteiger partial charge in [0, 0.05) is 45.5 Å². The van der Waals surface area contributed by atoms with E-state index in [1.165, 1.54) is 11.3 Å². The van der Waals surface area contributed by atoms with Crippen molar-refractivity contribution < 1.29 is 9.53 Å². The van der Waals surface area contributed by atoms with Gasteiger partial charge in [-0.15, -0.1) is 24.8 Å². The average molecular weight is 364 g/mol. The molecule has 0 saturated heterocycles. The minimum atomic E-state index is -0.207. The van der Waals surface area contributed by atoms with Crippen LogP contribution >= 0.6 is 24.8 Å². The molecule has 1 amide bonds. The molecule has 23 heavy (non-hydrogen) atoms. The van der Waals surface area contributed by atoms with Crippen molar-refractivity contribution in [2.75, 3.05) is 32.1 Å².